The number of hydrazone groups is 1. The maximum Gasteiger partial charge on any atom is 0.343 e. The number of carbonyl (C=O) groups excluding carboxylic acids is 2. The van der Waals surface area contributed by atoms with Crippen molar-refractivity contribution in [2.24, 2.45) is 5.10 Å². The van der Waals surface area contributed by atoms with E-state index in [1.807, 2.05) is 12.1 Å². The average molecular weight is 406 g/mol. The van der Waals surface area contributed by atoms with Crippen LogP contribution in [0, 0.1) is 5.82 Å². The van der Waals surface area contributed by atoms with Gasteiger partial charge in [-0.1, -0.05) is 12.1 Å². The Hall–Kier alpha value is -4.00. The Labute approximate surface area is 173 Å². The van der Waals surface area contributed by atoms with Crippen LogP contribution in [0.1, 0.15) is 21.5 Å². The van der Waals surface area contributed by atoms with Gasteiger partial charge in [0, 0.05) is 0 Å². The van der Waals surface area contributed by atoms with E-state index >= 15 is 0 Å². The lowest BCUT2D eigenvalue weighted by molar-refractivity contribution is -0.120. The van der Waals surface area contributed by atoms with Gasteiger partial charge in [-0.05, 0) is 71.8 Å². The molecular formula is C23H19FN2O4. The van der Waals surface area contributed by atoms with Crippen LogP contribution in [0.15, 0.2) is 77.9 Å². The predicted molar refractivity (Wildman–Crippen MR) is 110 cm³/mol. The van der Waals surface area contributed by atoms with Crippen molar-refractivity contribution in [2.75, 3.05) is 7.11 Å². The number of halogens is 1. The fourth-order valence-corrected chi connectivity index (χ4v) is 2.52. The van der Waals surface area contributed by atoms with Crippen molar-refractivity contribution in [1.82, 2.24) is 5.43 Å². The maximum atomic E-state index is 12.9. The Morgan fingerprint density at radius 2 is 1.57 bits per heavy atom. The zero-order chi connectivity index (χ0) is 21.3. The van der Waals surface area contributed by atoms with Crippen molar-refractivity contribution in [3.8, 4) is 11.5 Å². The number of hydrogen-bond acceptors (Lipinski definition) is 5. The molecule has 1 amide bonds. The number of carbonyl (C=O) groups is 2. The number of benzene rings is 3. The molecule has 0 saturated heterocycles. The molecule has 0 saturated carbocycles. The lowest BCUT2D eigenvalue weighted by Crippen LogP contribution is -2.19. The second-order valence-corrected chi connectivity index (χ2v) is 6.28. The molecule has 3 rings (SSSR count). The van der Waals surface area contributed by atoms with E-state index in [1.165, 1.54) is 30.5 Å². The molecule has 30 heavy (non-hydrogen) atoms. The van der Waals surface area contributed by atoms with E-state index in [4.69, 9.17) is 9.47 Å². The lowest BCUT2D eigenvalue weighted by Gasteiger charge is -2.05. The monoisotopic (exact) mass is 406 g/mol. The fourth-order valence-electron chi connectivity index (χ4n) is 2.52. The minimum absolute atomic E-state index is 0.194. The third-order valence-electron chi connectivity index (χ3n) is 4.10. The van der Waals surface area contributed by atoms with Crippen molar-refractivity contribution in [3.63, 3.8) is 0 Å². The van der Waals surface area contributed by atoms with Crippen molar-refractivity contribution in [3.05, 3.63) is 95.3 Å². The number of ether oxygens (including phenoxy) is 2. The average Bonchev–Trinajstić information content (AvgIpc) is 2.76. The molecule has 1 N–H and O–H groups in total. The number of nitrogens with zero attached hydrogens (tertiary/aromatic N) is 1. The second-order valence-electron chi connectivity index (χ2n) is 6.28. The highest BCUT2D eigenvalue weighted by atomic mass is 19.1. The number of amides is 1. The van der Waals surface area contributed by atoms with Crippen molar-refractivity contribution in [1.29, 1.82) is 0 Å². The summed E-state index contributed by atoms with van der Waals surface area (Å²) < 4.78 is 23.2. The van der Waals surface area contributed by atoms with Gasteiger partial charge < -0.3 is 9.47 Å². The number of hydrogen-bond donors (Lipinski definition) is 1. The van der Waals surface area contributed by atoms with Crippen LogP contribution in [0.2, 0.25) is 0 Å². The Kier molecular flexibility index (Phi) is 6.89. The van der Waals surface area contributed by atoms with E-state index in [0.717, 1.165) is 11.3 Å². The SMILES string of the molecule is COc1ccc(CC(=O)N/N=C\c2ccc(OC(=O)c3ccc(F)cc3)cc2)cc1. The first kappa shape index (κ1) is 20.7. The van der Waals surface area contributed by atoms with Crippen LogP contribution in [-0.4, -0.2) is 25.2 Å². The third kappa shape index (κ3) is 6.00. The fraction of sp³-hybridized carbons (Fsp3) is 0.0870. The first-order valence-corrected chi connectivity index (χ1v) is 9.06. The Morgan fingerprint density at radius 3 is 2.20 bits per heavy atom. The van der Waals surface area contributed by atoms with Gasteiger partial charge >= 0.3 is 5.97 Å². The van der Waals surface area contributed by atoms with E-state index < -0.39 is 11.8 Å². The summed E-state index contributed by atoms with van der Waals surface area (Å²) >= 11 is 0. The molecule has 0 atom stereocenters. The van der Waals surface area contributed by atoms with Crippen LogP contribution in [0.25, 0.3) is 0 Å². The van der Waals surface area contributed by atoms with Gasteiger partial charge in [0.25, 0.3) is 0 Å². The number of methoxy groups -OCH3 is 1. The minimum atomic E-state index is -0.581. The summed E-state index contributed by atoms with van der Waals surface area (Å²) in [5.74, 6) is -0.191. The molecule has 0 aliphatic carbocycles. The van der Waals surface area contributed by atoms with Gasteiger partial charge in [0.2, 0.25) is 5.91 Å². The van der Waals surface area contributed by atoms with E-state index in [9.17, 15) is 14.0 Å². The van der Waals surface area contributed by atoms with Crippen LogP contribution in [0.3, 0.4) is 0 Å². The molecule has 0 unspecified atom stereocenters. The zero-order valence-corrected chi connectivity index (χ0v) is 16.2. The second kappa shape index (κ2) is 9.97. The lowest BCUT2D eigenvalue weighted by atomic mass is 10.1. The van der Waals surface area contributed by atoms with E-state index in [1.54, 1.807) is 43.5 Å². The first-order valence-electron chi connectivity index (χ1n) is 9.06. The molecule has 6 nitrogen and oxygen atoms in total. The summed E-state index contributed by atoms with van der Waals surface area (Å²) in [7, 11) is 1.58. The van der Waals surface area contributed by atoms with E-state index in [0.29, 0.717) is 11.3 Å². The van der Waals surface area contributed by atoms with E-state index in [-0.39, 0.29) is 17.9 Å². The quantitative estimate of drug-likeness (QED) is 0.281. The molecule has 0 heterocycles. The maximum absolute atomic E-state index is 12.9. The standard InChI is InChI=1S/C23H19FN2O4/c1-29-20-10-2-16(3-11-20)14-22(27)26-25-15-17-4-12-21(13-5-17)30-23(28)18-6-8-19(24)9-7-18/h2-13,15H,14H2,1H3,(H,26,27)/b25-15-. The highest BCUT2D eigenvalue weighted by molar-refractivity contribution is 5.91. The van der Waals surface area contributed by atoms with Gasteiger partial charge in [-0.2, -0.15) is 5.10 Å². The topological polar surface area (TPSA) is 77.0 Å². The van der Waals surface area contributed by atoms with Gasteiger partial charge in [-0.3, -0.25) is 4.79 Å². The molecule has 0 radical (unpaired) electrons. The molecule has 0 fully saturated rings. The van der Waals surface area contributed by atoms with Crippen LogP contribution in [0.5, 0.6) is 11.5 Å². The van der Waals surface area contributed by atoms with Gasteiger partial charge in [0.05, 0.1) is 25.3 Å². The van der Waals surface area contributed by atoms with Gasteiger partial charge in [-0.25, -0.2) is 14.6 Å². The predicted octanol–water partition coefficient (Wildman–Crippen LogP) is 3.75. The van der Waals surface area contributed by atoms with Crippen LogP contribution in [-0.2, 0) is 11.2 Å². The van der Waals surface area contributed by atoms with Gasteiger partial charge in [-0.15, -0.1) is 0 Å². The van der Waals surface area contributed by atoms with Crippen LogP contribution >= 0.6 is 0 Å². The number of rotatable bonds is 7. The molecule has 7 heteroatoms. The van der Waals surface area contributed by atoms with Gasteiger partial charge in [0.1, 0.15) is 17.3 Å². The molecule has 0 aliphatic heterocycles. The zero-order valence-electron chi connectivity index (χ0n) is 16.2. The summed E-state index contributed by atoms with van der Waals surface area (Å²) in [6.45, 7) is 0. The molecular weight excluding hydrogens is 387 g/mol. The van der Waals surface area contributed by atoms with Crippen molar-refractivity contribution in [2.45, 2.75) is 6.42 Å². The van der Waals surface area contributed by atoms with Crippen LogP contribution < -0.4 is 14.9 Å². The number of nitrogens with one attached hydrogen (secondary N) is 1. The Morgan fingerprint density at radius 1 is 0.933 bits per heavy atom. The molecule has 3 aromatic rings. The minimum Gasteiger partial charge on any atom is -0.497 e. The Bertz CT molecular complexity index is 1030. The highest BCUT2D eigenvalue weighted by Crippen LogP contribution is 2.14. The third-order valence-corrected chi connectivity index (χ3v) is 4.10. The smallest absolute Gasteiger partial charge is 0.343 e. The van der Waals surface area contributed by atoms with E-state index in [2.05, 4.69) is 10.5 Å². The molecule has 0 aromatic heterocycles. The summed E-state index contributed by atoms with van der Waals surface area (Å²) in [6.07, 6.45) is 1.68. The summed E-state index contributed by atoms with van der Waals surface area (Å²) in [4.78, 5) is 24.0. The summed E-state index contributed by atoms with van der Waals surface area (Å²) in [6, 6.07) is 18.9. The largest absolute Gasteiger partial charge is 0.497 e. The number of esters is 1. The molecule has 0 aliphatic rings. The summed E-state index contributed by atoms with van der Waals surface area (Å²) in [5, 5.41) is 3.93. The Balaban J connectivity index is 1.49. The normalized spacial score (nSPS) is 10.6. The molecule has 152 valence electrons. The molecule has 3 aromatic carbocycles. The van der Waals surface area contributed by atoms with Gasteiger partial charge in [0.15, 0.2) is 0 Å². The molecule has 0 spiro atoms. The van der Waals surface area contributed by atoms with Crippen molar-refractivity contribution < 1.29 is 23.5 Å². The highest BCUT2D eigenvalue weighted by Gasteiger charge is 2.08. The van der Waals surface area contributed by atoms with Crippen molar-refractivity contribution >= 4 is 18.1 Å². The first-order chi connectivity index (χ1) is 14.5. The molecule has 0 bridgehead atoms. The summed E-state index contributed by atoms with van der Waals surface area (Å²) in [5.41, 5.74) is 4.27. The van der Waals surface area contributed by atoms with Crippen LogP contribution in [0.4, 0.5) is 4.39 Å².